The highest BCUT2D eigenvalue weighted by atomic mass is 32.2. The molecule has 0 saturated heterocycles. The summed E-state index contributed by atoms with van der Waals surface area (Å²) in [5.74, 6) is 0. The molecule has 2 heteroatoms. The maximum atomic E-state index is 10.9. The van der Waals surface area contributed by atoms with Gasteiger partial charge in [-0.15, -0.1) is 11.8 Å². The molecule has 1 saturated carbocycles. The maximum Gasteiger partial charge on any atom is 0.0864 e. The van der Waals surface area contributed by atoms with Crippen molar-refractivity contribution in [2.75, 3.05) is 6.26 Å². The Morgan fingerprint density at radius 2 is 1.52 bits per heavy atom. The summed E-state index contributed by atoms with van der Waals surface area (Å²) >= 11 is 1.76. The molecule has 1 aliphatic carbocycles. The molecular weight excluding hydrogens is 276 g/mol. The van der Waals surface area contributed by atoms with Crippen LogP contribution in [0.2, 0.25) is 0 Å². The predicted octanol–water partition coefficient (Wildman–Crippen LogP) is 6.46. The van der Waals surface area contributed by atoms with Crippen LogP contribution in [0.1, 0.15) is 96.8 Å². The van der Waals surface area contributed by atoms with Gasteiger partial charge in [-0.25, -0.2) is 0 Å². The van der Waals surface area contributed by atoms with Crippen molar-refractivity contribution in [3.63, 3.8) is 0 Å². The molecule has 0 aromatic heterocycles. The second kappa shape index (κ2) is 11.6. The average Bonchev–Trinajstić information content (AvgIpc) is 2.49. The molecule has 0 amide bonds. The smallest absolute Gasteiger partial charge is 0.0864 e. The summed E-state index contributed by atoms with van der Waals surface area (Å²) in [5, 5.41) is 13.1. The van der Waals surface area contributed by atoms with E-state index in [1.54, 1.807) is 11.8 Å². The minimum atomic E-state index is -0.470. The standard InChI is InChI=1S/C19H36OS/c1-3-4-5-6-7-8-9-11-14-18(17-21-2)19(20)15-12-10-13-16-19/h17,20H,3-16H2,1-2H3/b18-17+. The van der Waals surface area contributed by atoms with Crippen molar-refractivity contribution in [3.8, 4) is 0 Å². The topological polar surface area (TPSA) is 20.2 Å². The van der Waals surface area contributed by atoms with Crippen LogP contribution in [-0.4, -0.2) is 17.0 Å². The average molecular weight is 313 g/mol. The van der Waals surface area contributed by atoms with Crippen LogP contribution in [0.25, 0.3) is 0 Å². The van der Waals surface area contributed by atoms with E-state index < -0.39 is 5.60 Å². The van der Waals surface area contributed by atoms with E-state index in [1.807, 2.05) is 0 Å². The van der Waals surface area contributed by atoms with Crippen LogP contribution >= 0.6 is 11.8 Å². The number of aliphatic hydroxyl groups is 1. The summed E-state index contributed by atoms with van der Waals surface area (Å²) in [6.45, 7) is 2.27. The lowest BCUT2D eigenvalue weighted by Crippen LogP contribution is -2.33. The van der Waals surface area contributed by atoms with Gasteiger partial charge in [0.2, 0.25) is 0 Å². The van der Waals surface area contributed by atoms with Crippen molar-refractivity contribution in [2.45, 2.75) is 102 Å². The Labute approximate surface area is 137 Å². The molecule has 0 atom stereocenters. The third-order valence-corrected chi connectivity index (χ3v) is 5.36. The van der Waals surface area contributed by atoms with Gasteiger partial charge in [0.05, 0.1) is 5.60 Å². The molecule has 0 heterocycles. The SMILES string of the molecule is CCCCCCCCCC/C(=C\SC)C1(O)CCCCC1. The van der Waals surface area contributed by atoms with Crippen LogP contribution in [0.15, 0.2) is 11.0 Å². The largest absolute Gasteiger partial charge is 0.385 e. The van der Waals surface area contributed by atoms with E-state index in [-0.39, 0.29) is 0 Å². The minimum Gasteiger partial charge on any atom is -0.385 e. The van der Waals surface area contributed by atoms with E-state index in [2.05, 4.69) is 18.6 Å². The predicted molar refractivity (Wildman–Crippen MR) is 96.9 cm³/mol. The van der Waals surface area contributed by atoms with Crippen molar-refractivity contribution in [1.29, 1.82) is 0 Å². The summed E-state index contributed by atoms with van der Waals surface area (Å²) in [7, 11) is 0. The van der Waals surface area contributed by atoms with Crippen molar-refractivity contribution >= 4 is 11.8 Å². The van der Waals surface area contributed by atoms with Gasteiger partial charge < -0.3 is 5.11 Å². The van der Waals surface area contributed by atoms with Gasteiger partial charge in [0.15, 0.2) is 0 Å². The molecule has 0 aromatic carbocycles. The fourth-order valence-electron chi connectivity index (χ4n) is 3.45. The van der Waals surface area contributed by atoms with Gasteiger partial charge in [0.1, 0.15) is 0 Å². The van der Waals surface area contributed by atoms with Crippen molar-refractivity contribution in [3.05, 3.63) is 11.0 Å². The third kappa shape index (κ3) is 7.74. The van der Waals surface area contributed by atoms with Crippen LogP contribution in [0.4, 0.5) is 0 Å². The van der Waals surface area contributed by atoms with E-state index in [0.717, 1.165) is 19.3 Å². The Balaban J connectivity index is 2.21. The quantitative estimate of drug-likeness (QED) is 0.442. The highest BCUT2D eigenvalue weighted by molar-refractivity contribution is 8.01. The van der Waals surface area contributed by atoms with Gasteiger partial charge in [-0.05, 0) is 42.9 Å². The van der Waals surface area contributed by atoms with E-state index in [1.165, 1.54) is 76.2 Å². The second-order valence-electron chi connectivity index (χ2n) is 6.70. The maximum absolute atomic E-state index is 10.9. The van der Waals surface area contributed by atoms with Gasteiger partial charge >= 0.3 is 0 Å². The van der Waals surface area contributed by atoms with Crippen LogP contribution in [0.5, 0.6) is 0 Å². The molecule has 0 radical (unpaired) electrons. The molecule has 0 aromatic rings. The van der Waals surface area contributed by atoms with Gasteiger partial charge in [-0.2, -0.15) is 0 Å². The summed E-state index contributed by atoms with van der Waals surface area (Å²) in [6, 6.07) is 0. The Hall–Kier alpha value is 0.0500. The molecule has 124 valence electrons. The number of thioether (sulfide) groups is 1. The van der Waals surface area contributed by atoms with Gasteiger partial charge in [0.25, 0.3) is 0 Å². The molecule has 0 aliphatic heterocycles. The molecule has 1 rings (SSSR count). The van der Waals surface area contributed by atoms with Crippen LogP contribution < -0.4 is 0 Å². The molecule has 0 spiro atoms. The van der Waals surface area contributed by atoms with Gasteiger partial charge in [0, 0.05) is 0 Å². The summed E-state index contributed by atoms with van der Waals surface area (Å²) in [5.41, 5.74) is 0.850. The van der Waals surface area contributed by atoms with E-state index in [9.17, 15) is 5.11 Å². The Morgan fingerprint density at radius 1 is 0.952 bits per heavy atom. The van der Waals surface area contributed by atoms with E-state index in [0.29, 0.717) is 0 Å². The molecule has 1 N–H and O–H groups in total. The van der Waals surface area contributed by atoms with Crippen molar-refractivity contribution in [2.24, 2.45) is 0 Å². The highest BCUT2D eigenvalue weighted by Gasteiger charge is 2.32. The van der Waals surface area contributed by atoms with Crippen molar-refractivity contribution in [1.82, 2.24) is 0 Å². The van der Waals surface area contributed by atoms with Gasteiger partial charge in [-0.3, -0.25) is 0 Å². The highest BCUT2D eigenvalue weighted by Crippen LogP contribution is 2.37. The third-order valence-electron chi connectivity index (χ3n) is 4.84. The normalized spacial score (nSPS) is 18.9. The number of rotatable bonds is 11. The zero-order valence-electron chi connectivity index (χ0n) is 14.3. The van der Waals surface area contributed by atoms with Crippen LogP contribution in [0, 0.1) is 0 Å². The molecule has 21 heavy (non-hydrogen) atoms. The van der Waals surface area contributed by atoms with E-state index in [4.69, 9.17) is 0 Å². The number of hydrogen-bond donors (Lipinski definition) is 1. The molecule has 0 bridgehead atoms. The van der Waals surface area contributed by atoms with Crippen LogP contribution in [0.3, 0.4) is 0 Å². The van der Waals surface area contributed by atoms with E-state index >= 15 is 0 Å². The van der Waals surface area contributed by atoms with Crippen LogP contribution in [-0.2, 0) is 0 Å². The fourth-order valence-corrected chi connectivity index (χ4v) is 4.07. The summed E-state index contributed by atoms with van der Waals surface area (Å²) in [6.07, 6.45) is 19.8. The Morgan fingerprint density at radius 3 is 2.10 bits per heavy atom. The molecule has 1 fully saturated rings. The zero-order valence-corrected chi connectivity index (χ0v) is 15.1. The molecule has 0 unspecified atom stereocenters. The Bertz CT molecular complexity index is 279. The first-order valence-electron chi connectivity index (χ1n) is 9.17. The Kier molecular flexibility index (Phi) is 10.5. The lowest BCUT2D eigenvalue weighted by Gasteiger charge is -2.34. The molecule has 1 nitrogen and oxygen atoms in total. The second-order valence-corrected chi connectivity index (χ2v) is 7.40. The van der Waals surface area contributed by atoms with Crippen molar-refractivity contribution < 1.29 is 5.11 Å². The first kappa shape index (κ1) is 19.1. The molecular formula is C19H36OS. The first-order valence-corrected chi connectivity index (χ1v) is 10.5. The number of unbranched alkanes of at least 4 members (excludes halogenated alkanes) is 7. The number of hydrogen-bond acceptors (Lipinski definition) is 2. The monoisotopic (exact) mass is 312 g/mol. The zero-order chi connectivity index (χ0) is 15.4. The summed E-state index contributed by atoms with van der Waals surface area (Å²) < 4.78 is 0. The lowest BCUT2D eigenvalue weighted by atomic mass is 9.78. The fraction of sp³-hybridized carbons (Fsp3) is 0.895. The molecule has 1 aliphatic rings. The first-order chi connectivity index (χ1) is 10.2. The minimum absolute atomic E-state index is 0.470. The summed E-state index contributed by atoms with van der Waals surface area (Å²) in [4.78, 5) is 0. The van der Waals surface area contributed by atoms with Gasteiger partial charge in [-0.1, -0.05) is 71.1 Å². The lowest BCUT2D eigenvalue weighted by molar-refractivity contribution is 0.0364.